The van der Waals surface area contributed by atoms with Gasteiger partial charge in [0.05, 0.1) is 17.0 Å². The predicted octanol–water partition coefficient (Wildman–Crippen LogP) is 4.02. The topological polar surface area (TPSA) is 106 Å². The summed E-state index contributed by atoms with van der Waals surface area (Å²) in [4.78, 5) is 21.7. The minimum atomic E-state index is -0.310. The van der Waals surface area contributed by atoms with Crippen LogP contribution < -0.4 is 15.4 Å². The van der Waals surface area contributed by atoms with Crippen molar-refractivity contribution in [2.24, 2.45) is 15.4 Å². The van der Waals surface area contributed by atoms with E-state index >= 15 is 0 Å². The molecule has 3 aromatic rings. The Bertz CT molecular complexity index is 1220. The number of benzene rings is 1. The Morgan fingerprint density at radius 1 is 1.34 bits per heavy atom. The van der Waals surface area contributed by atoms with Crippen molar-refractivity contribution in [3.8, 4) is 5.75 Å². The maximum absolute atomic E-state index is 12.8. The summed E-state index contributed by atoms with van der Waals surface area (Å²) in [6.07, 6.45) is 4.22. The van der Waals surface area contributed by atoms with Crippen LogP contribution in [0.15, 0.2) is 51.0 Å². The molecule has 2 unspecified atom stereocenters. The molecule has 9 heteroatoms. The molecule has 0 bridgehead atoms. The number of carbonyl (C=O) groups is 1. The molecule has 1 aromatic carbocycles. The van der Waals surface area contributed by atoms with Gasteiger partial charge in [-0.25, -0.2) is 9.79 Å². The van der Waals surface area contributed by atoms with Gasteiger partial charge >= 0.3 is 6.03 Å². The standard InChI is InChI=1S/C23H26N6O3/c1-14(2)18-11-20(28-32-18)27-22(30)29-9-6-15-10-16(4-5-17(15)29)31-21-23(3)7-8-24-12-19(23)25-13-26-21/h4-6,9-11,13-14,19,24H,7-8,12H2,1-3H3,(H,27,28,30). The molecular formula is C23H26N6O3. The molecule has 2 aliphatic heterocycles. The van der Waals surface area contributed by atoms with Gasteiger partial charge in [0.2, 0.25) is 5.90 Å². The van der Waals surface area contributed by atoms with Crippen LogP contribution in [0.3, 0.4) is 0 Å². The highest BCUT2D eigenvalue weighted by Crippen LogP contribution is 2.35. The smallest absolute Gasteiger partial charge is 0.331 e. The van der Waals surface area contributed by atoms with E-state index in [2.05, 4.69) is 32.7 Å². The maximum atomic E-state index is 12.8. The number of piperidine rings is 1. The van der Waals surface area contributed by atoms with Gasteiger partial charge in [-0.2, -0.15) is 0 Å². The van der Waals surface area contributed by atoms with Crippen molar-refractivity contribution in [2.45, 2.75) is 39.2 Å². The highest BCUT2D eigenvalue weighted by atomic mass is 16.5. The van der Waals surface area contributed by atoms with Gasteiger partial charge in [0.1, 0.15) is 17.8 Å². The summed E-state index contributed by atoms with van der Waals surface area (Å²) in [5, 5.41) is 11.0. The third-order valence-electron chi connectivity index (χ3n) is 6.23. The SMILES string of the molecule is CC(C)c1cc(NC(=O)n2ccc3cc(OC4=NC=NC5CNCCC45C)ccc32)no1. The number of hydrogen-bond donors (Lipinski definition) is 2. The first-order valence-electron chi connectivity index (χ1n) is 10.8. The minimum absolute atomic E-state index is 0.116. The Balaban J connectivity index is 1.35. The summed E-state index contributed by atoms with van der Waals surface area (Å²) in [5.41, 5.74) is 0.535. The number of amides is 1. The Hall–Kier alpha value is -3.46. The van der Waals surface area contributed by atoms with Crippen molar-refractivity contribution in [3.63, 3.8) is 0 Å². The van der Waals surface area contributed by atoms with Crippen molar-refractivity contribution in [1.82, 2.24) is 15.0 Å². The van der Waals surface area contributed by atoms with Crippen LogP contribution in [0.5, 0.6) is 5.75 Å². The van der Waals surface area contributed by atoms with Crippen LogP contribution in [0.2, 0.25) is 0 Å². The van der Waals surface area contributed by atoms with Crippen LogP contribution in [0.4, 0.5) is 10.6 Å². The molecule has 2 atom stereocenters. The quantitative estimate of drug-likeness (QED) is 0.648. The molecule has 1 amide bonds. The van der Waals surface area contributed by atoms with Gasteiger partial charge in [-0.05, 0) is 44.2 Å². The van der Waals surface area contributed by atoms with Crippen LogP contribution in [-0.2, 0) is 0 Å². The second kappa shape index (κ2) is 7.90. The van der Waals surface area contributed by atoms with Crippen molar-refractivity contribution in [3.05, 3.63) is 42.3 Å². The van der Waals surface area contributed by atoms with E-state index in [0.29, 0.717) is 17.5 Å². The summed E-state index contributed by atoms with van der Waals surface area (Å²) < 4.78 is 13.0. The van der Waals surface area contributed by atoms with Crippen LogP contribution in [0.1, 0.15) is 38.9 Å². The summed E-state index contributed by atoms with van der Waals surface area (Å²) in [5.74, 6) is 2.67. The highest BCUT2D eigenvalue weighted by molar-refractivity contribution is 5.99. The molecule has 0 aliphatic carbocycles. The van der Waals surface area contributed by atoms with Gasteiger partial charge in [-0.3, -0.25) is 14.9 Å². The fraction of sp³-hybridized carbons (Fsp3) is 0.391. The fourth-order valence-electron chi connectivity index (χ4n) is 4.16. The second-order valence-corrected chi connectivity index (χ2v) is 8.79. The van der Waals surface area contributed by atoms with E-state index in [1.54, 1.807) is 18.6 Å². The minimum Gasteiger partial charge on any atom is -0.442 e. The number of carbonyl (C=O) groups excluding carboxylic acids is 1. The van der Waals surface area contributed by atoms with E-state index in [1.165, 1.54) is 4.57 Å². The number of nitrogens with zero attached hydrogens (tertiary/aromatic N) is 4. The van der Waals surface area contributed by atoms with E-state index in [1.807, 2.05) is 38.1 Å². The number of nitrogens with one attached hydrogen (secondary N) is 2. The number of anilines is 1. The lowest BCUT2D eigenvalue weighted by atomic mass is 9.76. The first kappa shape index (κ1) is 20.4. The molecule has 2 aliphatic rings. The maximum Gasteiger partial charge on any atom is 0.331 e. The van der Waals surface area contributed by atoms with Gasteiger partial charge in [-0.1, -0.05) is 19.0 Å². The first-order chi connectivity index (χ1) is 15.4. The average Bonchev–Trinajstić information content (AvgIpc) is 3.41. The molecule has 9 nitrogen and oxygen atoms in total. The molecule has 166 valence electrons. The molecular weight excluding hydrogens is 408 g/mol. The largest absolute Gasteiger partial charge is 0.442 e. The lowest BCUT2D eigenvalue weighted by molar-refractivity contribution is 0.246. The molecule has 0 spiro atoms. The van der Waals surface area contributed by atoms with Crippen LogP contribution >= 0.6 is 0 Å². The zero-order chi connectivity index (χ0) is 22.3. The summed E-state index contributed by atoms with van der Waals surface area (Å²) in [6, 6.07) is 9.06. The lowest BCUT2D eigenvalue weighted by Crippen LogP contribution is -2.53. The average molecular weight is 435 g/mol. The van der Waals surface area contributed by atoms with Crippen molar-refractivity contribution >= 4 is 35.0 Å². The van der Waals surface area contributed by atoms with Gasteiger partial charge in [-0.15, -0.1) is 0 Å². The monoisotopic (exact) mass is 434 g/mol. The number of ether oxygens (including phenoxy) is 1. The van der Waals surface area contributed by atoms with E-state index < -0.39 is 0 Å². The number of hydrogen-bond acceptors (Lipinski definition) is 7. The Kier molecular flexibility index (Phi) is 5.05. The van der Waals surface area contributed by atoms with Crippen LogP contribution in [0.25, 0.3) is 10.9 Å². The van der Waals surface area contributed by atoms with Crippen molar-refractivity contribution < 1.29 is 14.1 Å². The fourth-order valence-corrected chi connectivity index (χ4v) is 4.16. The van der Waals surface area contributed by atoms with Gasteiger partial charge < -0.3 is 14.6 Å². The first-order valence-corrected chi connectivity index (χ1v) is 10.8. The zero-order valence-corrected chi connectivity index (χ0v) is 18.3. The Morgan fingerprint density at radius 2 is 2.22 bits per heavy atom. The van der Waals surface area contributed by atoms with E-state index in [-0.39, 0.29) is 23.4 Å². The lowest BCUT2D eigenvalue weighted by Gasteiger charge is -2.40. The van der Waals surface area contributed by atoms with E-state index in [0.717, 1.165) is 36.2 Å². The third kappa shape index (κ3) is 3.58. The van der Waals surface area contributed by atoms with Crippen LogP contribution in [0, 0.1) is 5.41 Å². The highest BCUT2D eigenvalue weighted by Gasteiger charge is 2.44. The van der Waals surface area contributed by atoms with E-state index in [4.69, 9.17) is 9.26 Å². The molecule has 2 aromatic heterocycles. The zero-order valence-electron chi connectivity index (χ0n) is 18.3. The van der Waals surface area contributed by atoms with Crippen molar-refractivity contribution in [1.29, 1.82) is 0 Å². The van der Waals surface area contributed by atoms with Gasteiger partial charge in [0.25, 0.3) is 0 Å². The van der Waals surface area contributed by atoms with Gasteiger partial charge in [0, 0.05) is 30.1 Å². The summed E-state index contributed by atoms with van der Waals surface area (Å²) >= 11 is 0. The molecule has 0 saturated carbocycles. The van der Waals surface area contributed by atoms with E-state index in [9.17, 15) is 4.79 Å². The third-order valence-corrected chi connectivity index (χ3v) is 6.23. The number of rotatable bonds is 3. The number of aromatic nitrogens is 2. The predicted molar refractivity (Wildman–Crippen MR) is 123 cm³/mol. The van der Waals surface area contributed by atoms with Gasteiger partial charge in [0.15, 0.2) is 5.82 Å². The summed E-state index contributed by atoms with van der Waals surface area (Å²) in [7, 11) is 0. The molecule has 2 N–H and O–H groups in total. The second-order valence-electron chi connectivity index (χ2n) is 8.79. The molecule has 0 radical (unpaired) electrons. The van der Waals surface area contributed by atoms with Crippen LogP contribution in [-0.4, -0.2) is 47.1 Å². The summed E-state index contributed by atoms with van der Waals surface area (Å²) in [6.45, 7) is 7.88. The Labute approximate surface area is 185 Å². The number of fused-ring (bicyclic) bond motifs is 2. The normalized spacial score (nSPS) is 22.6. The molecule has 1 saturated heterocycles. The molecule has 4 heterocycles. The number of aliphatic imine (C=N–C) groups is 2. The van der Waals surface area contributed by atoms with Crippen molar-refractivity contribution in [2.75, 3.05) is 18.4 Å². The molecule has 5 rings (SSSR count). The Morgan fingerprint density at radius 3 is 3.03 bits per heavy atom. The molecule has 32 heavy (non-hydrogen) atoms. The molecule has 1 fully saturated rings.